The van der Waals surface area contributed by atoms with E-state index in [9.17, 15) is 13.2 Å². The van der Waals surface area contributed by atoms with E-state index in [1.54, 1.807) is 28.4 Å². The first-order chi connectivity index (χ1) is 14.8. The van der Waals surface area contributed by atoms with Crippen molar-refractivity contribution in [2.75, 3.05) is 19.4 Å². The summed E-state index contributed by atoms with van der Waals surface area (Å²) in [6, 6.07) is 19.9. The van der Waals surface area contributed by atoms with Gasteiger partial charge in [-0.1, -0.05) is 36.4 Å². The lowest BCUT2D eigenvalue weighted by molar-refractivity contribution is 0.188. The SMILES string of the molecule is CC(Cc1cccs1)N(Cc1ccccc1)C(=O)Nc1ccc(S(=O)(=O)N(C)C)cc1. The van der Waals surface area contributed by atoms with E-state index in [2.05, 4.69) is 11.4 Å². The van der Waals surface area contributed by atoms with Crippen molar-refractivity contribution in [2.24, 2.45) is 0 Å². The minimum atomic E-state index is -3.51. The number of thiophene rings is 1. The monoisotopic (exact) mass is 457 g/mol. The summed E-state index contributed by atoms with van der Waals surface area (Å²) < 4.78 is 25.7. The van der Waals surface area contributed by atoms with Gasteiger partial charge in [-0.15, -0.1) is 11.3 Å². The zero-order valence-electron chi connectivity index (χ0n) is 17.9. The first-order valence-corrected chi connectivity index (χ1v) is 12.3. The molecule has 1 N–H and O–H groups in total. The van der Waals surface area contributed by atoms with Crippen molar-refractivity contribution in [1.82, 2.24) is 9.21 Å². The van der Waals surface area contributed by atoms with E-state index in [0.717, 1.165) is 16.3 Å². The molecule has 8 heteroatoms. The number of amides is 2. The second kappa shape index (κ2) is 10.1. The van der Waals surface area contributed by atoms with Gasteiger partial charge in [-0.2, -0.15) is 0 Å². The van der Waals surface area contributed by atoms with Gasteiger partial charge in [0, 0.05) is 43.7 Å². The average molecular weight is 458 g/mol. The molecule has 1 atom stereocenters. The lowest BCUT2D eigenvalue weighted by Gasteiger charge is -2.29. The van der Waals surface area contributed by atoms with Crippen LogP contribution in [0.2, 0.25) is 0 Å². The largest absolute Gasteiger partial charge is 0.322 e. The molecular formula is C23H27N3O3S2. The second-order valence-corrected chi connectivity index (χ2v) is 10.7. The highest BCUT2D eigenvalue weighted by Gasteiger charge is 2.22. The summed E-state index contributed by atoms with van der Waals surface area (Å²) >= 11 is 1.68. The summed E-state index contributed by atoms with van der Waals surface area (Å²) in [5.41, 5.74) is 1.59. The van der Waals surface area contributed by atoms with E-state index in [-0.39, 0.29) is 17.0 Å². The summed E-state index contributed by atoms with van der Waals surface area (Å²) in [6.07, 6.45) is 0.762. The van der Waals surface area contributed by atoms with Crippen LogP contribution in [0.4, 0.5) is 10.5 Å². The zero-order chi connectivity index (χ0) is 22.4. The molecule has 31 heavy (non-hydrogen) atoms. The minimum Gasteiger partial charge on any atom is -0.317 e. The molecule has 3 rings (SSSR count). The Bertz CT molecular complexity index is 1080. The third-order valence-electron chi connectivity index (χ3n) is 4.95. The average Bonchev–Trinajstić information content (AvgIpc) is 3.26. The lowest BCUT2D eigenvalue weighted by atomic mass is 10.1. The van der Waals surface area contributed by atoms with Crippen LogP contribution < -0.4 is 5.32 Å². The van der Waals surface area contributed by atoms with Crippen LogP contribution in [0.25, 0.3) is 0 Å². The van der Waals surface area contributed by atoms with Crippen LogP contribution >= 0.6 is 11.3 Å². The Balaban J connectivity index is 1.77. The molecule has 1 unspecified atom stereocenters. The molecule has 3 aromatic rings. The van der Waals surface area contributed by atoms with Gasteiger partial charge < -0.3 is 10.2 Å². The minimum absolute atomic E-state index is 0.0211. The Morgan fingerprint density at radius 1 is 1.00 bits per heavy atom. The van der Waals surface area contributed by atoms with E-state index < -0.39 is 10.0 Å². The van der Waals surface area contributed by atoms with Gasteiger partial charge in [0.05, 0.1) is 4.90 Å². The van der Waals surface area contributed by atoms with Crippen molar-refractivity contribution in [2.45, 2.75) is 30.8 Å². The maximum atomic E-state index is 13.2. The Kier molecular flexibility index (Phi) is 7.48. The van der Waals surface area contributed by atoms with E-state index in [0.29, 0.717) is 12.2 Å². The highest BCUT2D eigenvalue weighted by atomic mass is 32.2. The summed E-state index contributed by atoms with van der Waals surface area (Å²) in [5, 5.41) is 4.95. The maximum Gasteiger partial charge on any atom is 0.322 e. The highest BCUT2D eigenvalue weighted by molar-refractivity contribution is 7.89. The van der Waals surface area contributed by atoms with Crippen LogP contribution in [-0.2, 0) is 23.0 Å². The molecule has 164 valence electrons. The summed E-state index contributed by atoms with van der Waals surface area (Å²) in [5.74, 6) is 0. The number of carbonyl (C=O) groups excluding carboxylic acids is 1. The van der Waals surface area contributed by atoms with Crippen molar-refractivity contribution in [1.29, 1.82) is 0 Å². The topological polar surface area (TPSA) is 69.7 Å². The van der Waals surface area contributed by atoms with Gasteiger partial charge >= 0.3 is 6.03 Å². The number of nitrogens with zero attached hydrogens (tertiary/aromatic N) is 2. The quantitative estimate of drug-likeness (QED) is 0.535. The molecule has 2 aromatic carbocycles. The highest BCUT2D eigenvalue weighted by Crippen LogP contribution is 2.20. The van der Waals surface area contributed by atoms with Crippen molar-refractivity contribution in [3.63, 3.8) is 0 Å². The predicted molar refractivity (Wildman–Crippen MR) is 126 cm³/mol. The Hall–Kier alpha value is -2.68. The van der Waals surface area contributed by atoms with Crippen molar-refractivity contribution in [3.05, 3.63) is 82.6 Å². The molecule has 2 amide bonds. The fourth-order valence-electron chi connectivity index (χ4n) is 3.15. The number of benzene rings is 2. The Morgan fingerprint density at radius 3 is 2.26 bits per heavy atom. The summed E-state index contributed by atoms with van der Waals surface area (Å²) in [7, 11) is -0.535. The summed E-state index contributed by atoms with van der Waals surface area (Å²) in [4.78, 5) is 16.4. The number of hydrogen-bond acceptors (Lipinski definition) is 4. The second-order valence-electron chi connectivity index (χ2n) is 7.49. The molecule has 0 radical (unpaired) electrons. The van der Waals surface area contributed by atoms with Crippen LogP contribution in [0.1, 0.15) is 17.4 Å². The van der Waals surface area contributed by atoms with E-state index in [1.807, 2.05) is 48.7 Å². The summed E-state index contributed by atoms with van der Waals surface area (Å²) in [6.45, 7) is 2.52. The number of nitrogens with one attached hydrogen (secondary N) is 1. The third kappa shape index (κ3) is 5.94. The molecule has 6 nitrogen and oxygen atoms in total. The number of anilines is 1. The number of urea groups is 1. The lowest BCUT2D eigenvalue weighted by Crippen LogP contribution is -2.42. The van der Waals surface area contributed by atoms with Crippen molar-refractivity contribution < 1.29 is 13.2 Å². The Morgan fingerprint density at radius 2 is 1.68 bits per heavy atom. The normalized spacial score (nSPS) is 12.5. The molecule has 1 heterocycles. The van der Waals surface area contributed by atoms with E-state index in [1.165, 1.54) is 31.1 Å². The Labute approximate surface area is 188 Å². The first-order valence-electron chi connectivity index (χ1n) is 9.94. The molecule has 0 saturated carbocycles. The molecular weight excluding hydrogens is 430 g/mol. The standard InChI is InChI=1S/C23H27N3O3S2/c1-18(16-21-10-7-15-30-21)26(17-19-8-5-4-6-9-19)23(27)24-20-11-13-22(14-12-20)31(28,29)25(2)3/h4-15,18H,16-17H2,1-3H3,(H,24,27). The van der Waals surface area contributed by atoms with Crippen LogP contribution in [0.15, 0.2) is 77.0 Å². The van der Waals surface area contributed by atoms with Crippen LogP contribution in [0, 0.1) is 0 Å². The number of rotatable bonds is 8. The molecule has 0 saturated heterocycles. The van der Waals surface area contributed by atoms with Gasteiger partial charge in [0.25, 0.3) is 0 Å². The van der Waals surface area contributed by atoms with Crippen molar-refractivity contribution in [3.8, 4) is 0 Å². The van der Waals surface area contributed by atoms with Gasteiger partial charge in [-0.05, 0) is 48.2 Å². The smallest absolute Gasteiger partial charge is 0.317 e. The molecule has 0 spiro atoms. The van der Waals surface area contributed by atoms with Gasteiger partial charge in [0.2, 0.25) is 10.0 Å². The molecule has 0 aliphatic rings. The number of carbonyl (C=O) groups is 1. The first kappa shape index (κ1) is 23.0. The maximum absolute atomic E-state index is 13.2. The van der Waals surface area contributed by atoms with E-state index in [4.69, 9.17) is 0 Å². The predicted octanol–water partition coefficient (Wildman–Crippen LogP) is 4.66. The van der Waals surface area contributed by atoms with Crippen molar-refractivity contribution >= 4 is 33.1 Å². The molecule has 0 aliphatic carbocycles. The molecule has 0 fully saturated rings. The number of sulfonamides is 1. The fourth-order valence-corrected chi connectivity index (χ4v) is 4.88. The molecule has 1 aromatic heterocycles. The van der Waals surface area contributed by atoms with Gasteiger partial charge in [-0.3, -0.25) is 0 Å². The van der Waals surface area contributed by atoms with Crippen LogP contribution in [0.5, 0.6) is 0 Å². The van der Waals surface area contributed by atoms with Gasteiger partial charge in [0.15, 0.2) is 0 Å². The molecule has 0 aliphatic heterocycles. The number of hydrogen-bond donors (Lipinski definition) is 1. The molecule has 0 bridgehead atoms. The van der Waals surface area contributed by atoms with Crippen LogP contribution in [-0.4, -0.2) is 43.8 Å². The third-order valence-corrected chi connectivity index (χ3v) is 7.68. The van der Waals surface area contributed by atoms with Gasteiger partial charge in [0.1, 0.15) is 0 Å². The van der Waals surface area contributed by atoms with Gasteiger partial charge in [-0.25, -0.2) is 17.5 Å². The van der Waals surface area contributed by atoms with E-state index >= 15 is 0 Å². The van der Waals surface area contributed by atoms with Crippen LogP contribution in [0.3, 0.4) is 0 Å². The fraction of sp³-hybridized carbons (Fsp3) is 0.261. The zero-order valence-corrected chi connectivity index (χ0v) is 19.5.